The third-order valence-corrected chi connectivity index (χ3v) is 3.90. The number of guanidine groups is 1. The Morgan fingerprint density at radius 2 is 1.93 bits per heavy atom. The van der Waals surface area contributed by atoms with Crippen molar-refractivity contribution in [2.75, 3.05) is 26.7 Å². The van der Waals surface area contributed by atoms with Crippen LogP contribution in [-0.4, -0.2) is 47.8 Å². The van der Waals surface area contributed by atoms with Crippen LogP contribution in [0.5, 0.6) is 5.75 Å². The van der Waals surface area contributed by atoms with E-state index >= 15 is 0 Å². The van der Waals surface area contributed by atoms with E-state index in [9.17, 15) is 0 Å². The lowest BCUT2D eigenvalue weighted by molar-refractivity contribution is 0.322. The van der Waals surface area contributed by atoms with Crippen LogP contribution in [0.25, 0.3) is 11.6 Å². The number of aryl methyl sites for hydroxylation is 1. The van der Waals surface area contributed by atoms with Crippen molar-refractivity contribution in [3.05, 3.63) is 60.0 Å². The summed E-state index contributed by atoms with van der Waals surface area (Å²) in [5, 5.41) is 10.4. The van der Waals surface area contributed by atoms with Crippen molar-refractivity contribution < 1.29 is 9.26 Å². The minimum absolute atomic E-state index is 0.423. The molecule has 2 heterocycles. The molecule has 0 aliphatic carbocycles. The van der Waals surface area contributed by atoms with E-state index in [1.807, 2.05) is 42.5 Å². The summed E-state index contributed by atoms with van der Waals surface area (Å²) in [6.07, 6.45) is 2.30. The number of rotatable bonds is 8. The highest BCUT2D eigenvalue weighted by Crippen LogP contribution is 2.13. The lowest BCUT2D eigenvalue weighted by atomic mass is 10.2. The molecule has 0 aliphatic heterocycles. The van der Waals surface area contributed by atoms with Gasteiger partial charge in [0.1, 0.15) is 18.1 Å². The van der Waals surface area contributed by atoms with E-state index in [0.29, 0.717) is 49.5 Å². The maximum atomic E-state index is 5.69. The van der Waals surface area contributed by atoms with Gasteiger partial charge in [-0.25, -0.2) is 0 Å². The highest BCUT2D eigenvalue weighted by molar-refractivity contribution is 5.79. The van der Waals surface area contributed by atoms with Crippen LogP contribution in [0.15, 0.2) is 58.2 Å². The summed E-state index contributed by atoms with van der Waals surface area (Å²) in [6.45, 7) is 3.86. The minimum Gasteiger partial charge on any atom is -0.492 e. The summed E-state index contributed by atoms with van der Waals surface area (Å²) < 4.78 is 10.9. The van der Waals surface area contributed by atoms with Gasteiger partial charge in [-0.3, -0.25) is 9.98 Å². The molecule has 3 rings (SSSR count). The largest absolute Gasteiger partial charge is 0.492 e. The van der Waals surface area contributed by atoms with Gasteiger partial charge < -0.3 is 19.9 Å². The summed E-state index contributed by atoms with van der Waals surface area (Å²) in [7, 11) is 1.73. The zero-order chi connectivity index (χ0) is 19.6. The van der Waals surface area contributed by atoms with Crippen LogP contribution in [0.2, 0.25) is 0 Å². The van der Waals surface area contributed by atoms with Crippen molar-refractivity contribution in [3.63, 3.8) is 0 Å². The fourth-order valence-electron chi connectivity index (χ4n) is 2.43. The molecule has 0 spiro atoms. The smallest absolute Gasteiger partial charge is 0.276 e. The first-order valence-electron chi connectivity index (χ1n) is 9.12. The molecular weight excluding hydrogens is 356 g/mol. The lowest BCUT2D eigenvalue weighted by Crippen LogP contribution is -2.40. The van der Waals surface area contributed by atoms with Crippen molar-refractivity contribution in [1.29, 1.82) is 0 Å². The predicted octanol–water partition coefficient (Wildman–Crippen LogP) is 2.23. The molecular formula is C20H24N6O2. The topological polar surface area (TPSA) is 97.5 Å². The first kappa shape index (κ1) is 19.3. The maximum absolute atomic E-state index is 5.69. The van der Waals surface area contributed by atoms with Crippen LogP contribution in [0.4, 0.5) is 0 Å². The third-order valence-electron chi connectivity index (χ3n) is 3.90. The molecule has 1 aromatic carbocycles. The molecule has 2 aromatic heterocycles. The van der Waals surface area contributed by atoms with Crippen LogP contribution < -0.4 is 15.4 Å². The van der Waals surface area contributed by atoms with E-state index in [-0.39, 0.29) is 0 Å². The molecule has 2 N–H and O–H groups in total. The van der Waals surface area contributed by atoms with Gasteiger partial charge in [0.15, 0.2) is 11.8 Å². The molecule has 0 atom stereocenters. The Hall–Kier alpha value is -3.42. The van der Waals surface area contributed by atoms with E-state index in [1.165, 1.54) is 5.56 Å². The molecule has 0 amide bonds. The average molecular weight is 380 g/mol. The molecule has 0 saturated carbocycles. The van der Waals surface area contributed by atoms with E-state index < -0.39 is 0 Å². The molecule has 0 unspecified atom stereocenters. The summed E-state index contributed by atoms with van der Waals surface area (Å²) in [5.74, 6) is 2.59. The monoisotopic (exact) mass is 380 g/mol. The summed E-state index contributed by atoms with van der Waals surface area (Å²) in [6, 6.07) is 13.5. The lowest BCUT2D eigenvalue weighted by Gasteiger charge is -2.12. The van der Waals surface area contributed by atoms with Crippen molar-refractivity contribution in [1.82, 2.24) is 25.8 Å². The second-order valence-corrected chi connectivity index (χ2v) is 6.07. The maximum Gasteiger partial charge on any atom is 0.276 e. The van der Waals surface area contributed by atoms with Crippen LogP contribution >= 0.6 is 0 Å². The first-order valence-corrected chi connectivity index (χ1v) is 9.12. The standard InChI is InChI=1S/C20H24N6O2/c1-15-6-8-16(9-7-15)27-14-13-24-20(21-2)23-12-10-18-25-19(28-26-18)17-5-3-4-11-22-17/h3-9,11H,10,12-14H2,1-2H3,(H2,21,23,24). The molecule has 0 aliphatic rings. The van der Waals surface area contributed by atoms with Gasteiger partial charge in [0, 0.05) is 26.2 Å². The van der Waals surface area contributed by atoms with Crippen molar-refractivity contribution >= 4 is 5.96 Å². The molecule has 28 heavy (non-hydrogen) atoms. The fraction of sp³-hybridized carbons (Fsp3) is 0.300. The quantitative estimate of drug-likeness (QED) is 0.351. The molecule has 8 nitrogen and oxygen atoms in total. The van der Waals surface area contributed by atoms with Gasteiger partial charge in [-0.05, 0) is 31.2 Å². The number of pyridine rings is 1. The molecule has 0 fully saturated rings. The number of hydrogen-bond acceptors (Lipinski definition) is 6. The minimum atomic E-state index is 0.423. The third kappa shape index (κ3) is 5.80. The van der Waals surface area contributed by atoms with E-state index in [0.717, 1.165) is 5.75 Å². The Balaban J connectivity index is 1.36. The van der Waals surface area contributed by atoms with Gasteiger partial charge in [-0.15, -0.1) is 0 Å². The number of aliphatic imine (C=N–C) groups is 1. The predicted molar refractivity (Wildman–Crippen MR) is 107 cm³/mol. The molecule has 3 aromatic rings. The van der Waals surface area contributed by atoms with Crippen molar-refractivity contribution in [2.45, 2.75) is 13.3 Å². The summed E-state index contributed by atoms with van der Waals surface area (Å²) in [5.41, 5.74) is 1.88. The second kappa shape index (κ2) is 10.1. The van der Waals surface area contributed by atoms with Crippen molar-refractivity contribution in [2.24, 2.45) is 4.99 Å². The van der Waals surface area contributed by atoms with Gasteiger partial charge in [0.05, 0.1) is 6.54 Å². The number of hydrogen-bond donors (Lipinski definition) is 2. The normalized spacial score (nSPS) is 11.3. The zero-order valence-corrected chi connectivity index (χ0v) is 16.1. The first-order chi connectivity index (χ1) is 13.7. The Kier molecular flexibility index (Phi) is 6.95. The average Bonchev–Trinajstić information content (AvgIpc) is 3.21. The Morgan fingerprint density at radius 3 is 2.68 bits per heavy atom. The fourth-order valence-corrected chi connectivity index (χ4v) is 2.43. The Bertz CT molecular complexity index is 877. The number of nitrogens with zero attached hydrogens (tertiary/aromatic N) is 4. The Labute approximate surface area is 164 Å². The summed E-state index contributed by atoms with van der Waals surface area (Å²) in [4.78, 5) is 12.7. The van der Waals surface area contributed by atoms with E-state index in [1.54, 1.807) is 13.2 Å². The number of benzene rings is 1. The van der Waals surface area contributed by atoms with Crippen LogP contribution in [0.1, 0.15) is 11.4 Å². The van der Waals surface area contributed by atoms with Crippen LogP contribution in [0.3, 0.4) is 0 Å². The zero-order valence-electron chi connectivity index (χ0n) is 16.1. The summed E-state index contributed by atoms with van der Waals surface area (Å²) >= 11 is 0. The van der Waals surface area contributed by atoms with Crippen molar-refractivity contribution in [3.8, 4) is 17.3 Å². The van der Waals surface area contributed by atoms with Gasteiger partial charge in [-0.1, -0.05) is 28.9 Å². The highest BCUT2D eigenvalue weighted by atomic mass is 16.5. The molecule has 146 valence electrons. The SMILES string of the molecule is CN=C(NCCOc1ccc(C)cc1)NCCc1noc(-c2ccccn2)n1. The highest BCUT2D eigenvalue weighted by Gasteiger charge is 2.09. The van der Waals surface area contributed by atoms with Gasteiger partial charge in [0.2, 0.25) is 0 Å². The van der Waals surface area contributed by atoms with E-state index in [2.05, 4.69) is 37.7 Å². The Morgan fingerprint density at radius 1 is 1.11 bits per heavy atom. The number of aromatic nitrogens is 3. The van der Waals surface area contributed by atoms with Gasteiger partial charge >= 0.3 is 0 Å². The number of nitrogens with one attached hydrogen (secondary N) is 2. The molecule has 0 bridgehead atoms. The second-order valence-electron chi connectivity index (χ2n) is 6.07. The van der Waals surface area contributed by atoms with Crippen LogP contribution in [-0.2, 0) is 6.42 Å². The van der Waals surface area contributed by atoms with E-state index in [4.69, 9.17) is 9.26 Å². The molecule has 0 radical (unpaired) electrons. The number of ether oxygens (including phenoxy) is 1. The van der Waals surface area contributed by atoms with Gasteiger partial charge in [-0.2, -0.15) is 4.98 Å². The van der Waals surface area contributed by atoms with Crippen LogP contribution in [0, 0.1) is 6.92 Å². The molecule has 8 heteroatoms. The van der Waals surface area contributed by atoms with Gasteiger partial charge in [0.25, 0.3) is 5.89 Å². The molecule has 0 saturated heterocycles.